The molecule has 2 aromatic carbocycles. The van der Waals surface area contributed by atoms with Crippen LogP contribution in [0.25, 0.3) is 10.8 Å². The highest BCUT2D eigenvalue weighted by atomic mass is 79.9. The molecule has 0 saturated carbocycles. The number of halogens is 1. The zero-order valence-corrected chi connectivity index (χ0v) is 10.2. The van der Waals surface area contributed by atoms with E-state index in [1.807, 2.05) is 24.3 Å². The summed E-state index contributed by atoms with van der Waals surface area (Å²) in [7, 11) is 0. The van der Waals surface area contributed by atoms with Gasteiger partial charge in [-0.25, -0.2) is 0 Å². The highest BCUT2D eigenvalue weighted by molar-refractivity contribution is 9.09. The van der Waals surface area contributed by atoms with Crippen molar-refractivity contribution in [3.63, 3.8) is 0 Å². The summed E-state index contributed by atoms with van der Waals surface area (Å²) in [5.74, 6) is 1.69. The fraction of sp³-hybridized carbons (Fsp3) is 0.231. The van der Waals surface area contributed by atoms with Crippen molar-refractivity contribution in [2.75, 3.05) is 11.9 Å². The largest absolute Gasteiger partial charge is 0.486 e. The molecule has 3 heteroatoms. The molecular weight excluding hydrogens is 268 g/mol. The van der Waals surface area contributed by atoms with E-state index in [-0.39, 0.29) is 6.10 Å². The van der Waals surface area contributed by atoms with E-state index in [4.69, 9.17) is 9.47 Å². The smallest absolute Gasteiger partial charge is 0.162 e. The number of alkyl halides is 1. The van der Waals surface area contributed by atoms with Gasteiger partial charge in [0.25, 0.3) is 0 Å². The molecule has 0 saturated heterocycles. The second-order valence-corrected chi connectivity index (χ2v) is 4.50. The minimum Gasteiger partial charge on any atom is -0.486 e. The van der Waals surface area contributed by atoms with Gasteiger partial charge in [0.1, 0.15) is 12.7 Å². The van der Waals surface area contributed by atoms with Gasteiger partial charge in [-0.2, -0.15) is 0 Å². The molecule has 0 aromatic heterocycles. The van der Waals surface area contributed by atoms with Gasteiger partial charge in [0, 0.05) is 5.33 Å². The summed E-state index contributed by atoms with van der Waals surface area (Å²) >= 11 is 3.41. The molecule has 1 heterocycles. The van der Waals surface area contributed by atoms with Crippen LogP contribution in [0, 0.1) is 0 Å². The highest BCUT2D eigenvalue weighted by Gasteiger charge is 2.20. The minimum atomic E-state index is 0.105. The van der Waals surface area contributed by atoms with Gasteiger partial charge in [-0.1, -0.05) is 40.2 Å². The van der Waals surface area contributed by atoms with Crippen LogP contribution >= 0.6 is 15.9 Å². The zero-order valence-electron chi connectivity index (χ0n) is 8.65. The molecule has 0 N–H and O–H groups in total. The lowest BCUT2D eigenvalue weighted by atomic mass is 10.1. The molecular formula is C13H11BrO2. The van der Waals surface area contributed by atoms with Crippen LogP contribution < -0.4 is 9.47 Å². The van der Waals surface area contributed by atoms with Crippen molar-refractivity contribution in [2.45, 2.75) is 6.10 Å². The maximum absolute atomic E-state index is 5.82. The molecule has 0 unspecified atom stereocenters. The minimum absolute atomic E-state index is 0.105. The van der Waals surface area contributed by atoms with Crippen LogP contribution in [0.5, 0.6) is 11.5 Å². The third-order valence-corrected chi connectivity index (χ3v) is 3.42. The Morgan fingerprint density at radius 3 is 2.50 bits per heavy atom. The molecule has 0 radical (unpaired) electrons. The number of rotatable bonds is 1. The second-order valence-electron chi connectivity index (χ2n) is 3.85. The molecule has 0 fully saturated rings. The van der Waals surface area contributed by atoms with E-state index in [1.165, 1.54) is 10.8 Å². The van der Waals surface area contributed by atoms with Crippen molar-refractivity contribution in [3.05, 3.63) is 36.4 Å². The van der Waals surface area contributed by atoms with Crippen molar-refractivity contribution in [1.29, 1.82) is 0 Å². The van der Waals surface area contributed by atoms with Crippen LogP contribution in [0.3, 0.4) is 0 Å². The Hall–Kier alpha value is -1.22. The van der Waals surface area contributed by atoms with E-state index < -0.39 is 0 Å². The Morgan fingerprint density at radius 2 is 1.81 bits per heavy atom. The fourth-order valence-corrected chi connectivity index (χ4v) is 2.19. The normalized spacial score (nSPS) is 18.7. The third kappa shape index (κ3) is 1.65. The van der Waals surface area contributed by atoms with E-state index >= 15 is 0 Å². The molecule has 1 atom stereocenters. The zero-order chi connectivity index (χ0) is 11.0. The van der Waals surface area contributed by atoms with Crippen molar-refractivity contribution in [1.82, 2.24) is 0 Å². The summed E-state index contributed by atoms with van der Waals surface area (Å²) in [5.41, 5.74) is 0. The molecule has 0 bridgehead atoms. The van der Waals surface area contributed by atoms with Crippen molar-refractivity contribution in [2.24, 2.45) is 0 Å². The molecule has 82 valence electrons. The Labute approximate surface area is 102 Å². The summed E-state index contributed by atoms with van der Waals surface area (Å²) in [6, 6.07) is 12.3. The monoisotopic (exact) mass is 278 g/mol. The van der Waals surface area contributed by atoms with Crippen LogP contribution in [0.2, 0.25) is 0 Å². The third-order valence-electron chi connectivity index (χ3n) is 2.70. The fourth-order valence-electron chi connectivity index (χ4n) is 1.88. The molecule has 1 aliphatic rings. The lowest BCUT2D eigenvalue weighted by Crippen LogP contribution is -2.30. The van der Waals surface area contributed by atoms with Gasteiger partial charge >= 0.3 is 0 Å². The lowest BCUT2D eigenvalue weighted by Gasteiger charge is -2.25. The molecule has 0 amide bonds. The first-order valence-electron chi connectivity index (χ1n) is 5.25. The van der Waals surface area contributed by atoms with Crippen LogP contribution in [0.1, 0.15) is 0 Å². The van der Waals surface area contributed by atoms with E-state index in [2.05, 4.69) is 28.1 Å². The number of fused-ring (bicyclic) bond motifs is 2. The SMILES string of the molecule is BrC[C@@H]1COc2cc3ccccc3cc2O1. The second kappa shape index (κ2) is 3.98. The summed E-state index contributed by atoms with van der Waals surface area (Å²) in [6.07, 6.45) is 0.105. The Balaban J connectivity index is 2.10. The van der Waals surface area contributed by atoms with E-state index in [0.717, 1.165) is 16.8 Å². The average molecular weight is 279 g/mol. The number of ether oxygens (including phenoxy) is 2. The number of hydrogen-bond donors (Lipinski definition) is 0. The first kappa shape index (κ1) is 9.97. The number of benzene rings is 2. The topological polar surface area (TPSA) is 18.5 Å². The molecule has 0 aliphatic carbocycles. The Morgan fingerprint density at radius 1 is 1.12 bits per heavy atom. The quantitative estimate of drug-likeness (QED) is 0.745. The standard InChI is InChI=1S/C13H11BrO2/c14-7-11-8-15-12-5-9-3-1-2-4-10(9)6-13(12)16-11/h1-6,11H,7-8H2/t11-/m1/s1. The molecule has 3 rings (SSSR count). The van der Waals surface area contributed by atoms with Crippen LogP contribution in [0.4, 0.5) is 0 Å². The number of hydrogen-bond acceptors (Lipinski definition) is 2. The van der Waals surface area contributed by atoms with E-state index in [9.17, 15) is 0 Å². The predicted octanol–water partition coefficient (Wildman–Crippen LogP) is 3.37. The molecule has 1 aliphatic heterocycles. The maximum atomic E-state index is 5.82. The van der Waals surface area contributed by atoms with Gasteiger partial charge in [0.15, 0.2) is 11.5 Å². The van der Waals surface area contributed by atoms with Gasteiger partial charge in [-0.15, -0.1) is 0 Å². The molecule has 0 spiro atoms. The first-order valence-corrected chi connectivity index (χ1v) is 6.37. The Kier molecular flexibility index (Phi) is 2.48. The maximum Gasteiger partial charge on any atom is 0.162 e. The lowest BCUT2D eigenvalue weighted by molar-refractivity contribution is 0.108. The molecule has 16 heavy (non-hydrogen) atoms. The van der Waals surface area contributed by atoms with Crippen molar-refractivity contribution in [3.8, 4) is 11.5 Å². The predicted molar refractivity (Wildman–Crippen MR) is 67.7 cm³/mol. The van der Waals surface area contributed by atoms with Crippen molar-refractivity contribution < 1.29 is 9.47 Å². The average Bonchev–Trinajstić information content (AvgIpc) is 2.35. The summed E-state index contributed by atoms with van der Waals surface area (Å²) in [6.45, 7) is 0.608. The van der Waals surface area contributed by atoms with Gasteiger partial charge in [-0.3, -0.25) is 0 Å². The Bertz CT molecular complexity index is 524. The van der Waals surface area contributed by atoms with E-state index in [0.29, 0.717) is 6.61 Å². The van der Waals surface area contributed by atoms with Crippen molar-refractivity contribution >= 4 is 26.7 Å². The van der Waals surface area contributed by atoms with E-state index in [1.54, 1.807) is 0 Å². The van der Waals surface area contributed by atoms with Gasteiger partial charge in [0.05, 0.1) is 0 Å². The van der Waals surface area contributed by atoms with Gasteiger partial charge in [0.2, 0.25) is 0 Å². The molecule has 2 nitrogen and oxygen atoms in total. The van der Waals surface area contributed by atoms with Crippen LogP contribution in [-0.4, -0.2) is 18.0 Å². The summed E-state index contributed by atoms with van der Waals surface area (Å²) < 4.78 is 11.5. The summed E-state index contributed by atoms with van der Waals surface area (Å²) in [5, 5.41) is 3.15. The molecule has 2 aromatic rings. The van der Waals surface area contributed by atoms with Crippen LogP contribution in [0.15, 0.2) is 36.4 Å². The van der Waals surface area contributed by atoms with Crippen LogP contribution in [-0.2, 0) is 0 Å². The van der Waals surface area contributed by atoms with Gasteiger partial charge < -0.3 is 9.47 Å². The van der Waals surface area contributed by atoms with Gasteiger partial charge in [-0.05, 0) is 22.9 Å². The highest BCUT2D eigenvalue weighted by Crippen LogP contribution is 2.35. The first-order chi connectivity index (χ1) is 7.86. The summed E-state index contributed by atoms with van der Waals surface area (Å²) in [4.78, 5) is 0.